The molecule has 4 nitrogen and oxygen atoms in total. The van der Waals surface area contributed by atoms with Gasteiger partial charge in [-0.05, 0) is 58.9 Å². The summed E-state index contributed by atoms with van der Waals surface area (Å²) in [4.78, 5) is 4.67. The van der Waals surface area contributed by atoms with Crippen molar-refractivity contribution in [2.75, 3.05) is 6.26 Å². The van der Waals surface area contributed by atoms with Gasteiger partial charge in [0.15, 0.2) is 0 Å². The molecule has 1 aliphatic carbocycles. The molecule has 114 valence electrons. The van der Waals surface area contributed by atoms with E-state index in [-0.39, 0.29) is 11.2 Å². The predicted octanol–water partition coefficient (Wildman–Crippen LogP) is 2.64. The molecule has 1 saturated carbocycles. The fraction of sp³-hybridized carbons (Fsp3) is 0.667. The normalized spacial score (nSPS) is 23.4. The van der Waals surface area contributed by atoms with Gasteiger partial charge in [-0.15, -0.1) is 11.8 Å². The quantitative estimate of drug-likeness (QED) is 0.632. The molecule has 21 heavy (non-hydrogen) atoms. The van der Waals surface area contributed by atoms with Crippen molar-refractivity contribution >= 4 is 24.5 Å². The Hall–Kier alpha value is -0.715. The molecule has 0 radical (unpaired) electrons. The summed E-state index contributed by atoms with van der Waals surface area (Å²) in [5.74, 6) is 0.786. The van der Waals surface area contributed by atoms with E-state index in [1.165, 1.54) is 0 Å². The van der Waals surface area contributed by atoms with Crippen LogP contribution in [0.4, 0.5) is 0 Å². The summed E-state index contributed by atoms with van der Waals surface area (Å²) in [5, 5.41) is 0.947. The molecule has 3 rings (SSSR count). The van der Waals surface area contributed by atoms with E-state index in [2.05, 4.69) is 4.98 Å². The molecule has 0 aromatic carbocycles. The highest BCUT2D eigenvalue weighted by Gasteiger charge is 2.53. The smallest absolute Gasteiger partial charge is 0.489 e. The summed E-state index contributed by atoms with van der Waals surface area (Å²) in [7, 11) is -0.476. The number of pyridine rings is 1. The molecular weight excluding hydrogens is 285 g/mol. The van der Waals surface area contributed by atoms with E-state index in [1.807, 2.05) is 46.1 Å². The van der Waals surface area contributed by atoms with Crippen LogP contribution < -0.4 is 10.3 Å². The lowest BCUT2D eigenvalue weighted by Crippen LogP contribution is -2.41. The SMILES string of the molecule is CSc1ccc(OC2CC2)c(B2OC(C)(C)C(C)(C)O2)n1. The summed E-state index contributed by atoms with van der Waals surface area (Å²) in [5.41, 5.74) is 0.0179. The molecule has 1 aromatic rings. The third-order valence-corrected chi connectivity index (χ3v) is 5.01. The largest absolute Gasteiger partial charge is 0.518 e. The molecule has 2 fully saturated rings. The zero-order valence-corrected chi connectivity index (χ0v) is 14.1. The van der Waals surface area contributed by atoms with E-state index in [1.54, 1.807) is 11.8 Å². The first-order chi connectivity index (χ1) is 9.82. The van der Waals surface area contributed by atoms with Crippen molar-refractivity contribution in [3.63, 3.8) is 0 Å². The maximum atomic E-state index is 6.12. The van der Waals surface area contributed by atoms with Gasteiger partial charge in [-0.3, -0.25) is 0 Å². The van der Waals surface area contributed by atoms with Gasteiger partial charge >= 0.3 is 7.12 Å². The topological polar surface area (TPSA) is 40.6 Å². The van der Waals surface area contributed by atoms with Gasteiger partial charge in [-0.1, -0.05) is 0 Å². The monoisotopic (exact) mass is 307 g/mol. The molecule has 0 unspecified atom stereocenters. The highest BCUT2D eigenvalue weighted by atomic mass is 32.2. The van der Waals surface area contributed by atoms with Crippen molar-refractivity contribution in [2.24, 2.45) is 0 Å². The van der Waals surface area contributed by atoms with Gasteiger partial charge < -0.3 is 14.0 Å². The van der Waals surface area contributed by atoms with Crippen LogP contribution in [-0.2, 0) is 9.31 Å². The van der Waals surface area contributed by atoms with Gasteiger partial charge in [-0.25, -0.2) is 4.98 Å². The second kappa shape index (κ2) is 5.18. The maximum Gasteiger partial charge on any atom is 0.518 e. The first-order valence-corrected chi connectivity index (χ1v) is 8.62. The number of hydrogen-bond donors (Lipinski definition) is 0. The molecule has 6 heteroatoms. The van der Waals surface area contributed by atoms with Crippen molar-refractivity contribution in [1.82, 2.24) is 4.98 Å². The van der Waals surface area contributed by atoms with Gasteiger partial charge in [-0.2, -0.15) is 0 Å². The molecule has 0 N–H and O–H groups in total. The van der Waals surface area contributed by atoms with Crippen LogP contribution in [-0.4, -0.2) is 35.7 Å². The number of nitrogens with zero attached hydrogens (tertiary/aromatic N) is 1. The molecule has 0 spiro atoms. The van der Waals surface area contributed by atoms with Crippen LogP contribution in [0.3, 0.4) is 0 Å². The number of thioether (sulfide) groups is 1. The first kappa shape index (κ1) is 15.2. The minimum atomic E-state index is -0.476. The highest BCUT2D eigenvalue weighted by Crippen LogP contribution is 2.37. The van der Waals surface area contributed by atoms with Gasteiger partial charge in [0.05, 0.1) is 22.3 Å². The summed E-state index contributed by atoms with van der Waals surface area (Å²) in [6.45, 7) is 8.19. The Morgan fingerprint density at radius 1 is 1.19 bits per heavy atom. The van der Waals surface area contributed by atoms with Gasteiger partial charge in [0.2, 0.25) is 0 Å². The van der Waals surface area contributed by atoms with Crippen LogP contribution in [0.25, 0.3) is 0 Å². The number of rotatable bonds is 4. The van der Waals surface area contributed by atoms with Crippen LogP contribution >= 0.6 is 11.8 Å². The van der Waals surface area contributed by atoms with E-state index in [0.29, 0.717) is 6.10 Å². The van der Waals surface area contributed by atoms with Crippen LogP contribution in [0.15, 0.2) is 17.2 Å². The zero-order chi connectivity index (χ0) is 15.3. The summed E-state index contributed by atoms with van der Waals surface area (Å²) >= 11 is 1.61. The van der Waals surface area contributed by atoms with Crippen molar-refractivity contribution < 1.29 is 14.0 Å². The second-order valence-electron chi connectivity index (χ2n) is 6.64. The number of hydrogen-bond acceptors (Lipinski definition) is 5. The lowest BCUT2D eigenvalue weighted by Gasteiger charge is -2.32. The van der Waals surface area contributed by atoms with Crippen LogP contribution in [0.2, 0.25) is 0 Å². The lowest BCUT2D eigenvalue weighted by atomic mass is 9.83. The highest BCUT2D eigenvalue weighted by molar-refractivity contribution is 7.98. The van der Waals surface area contributed by atoms with Crippen molar-refractivity contribution in [2.45, 2.75) is 62.9 Å². The fourth-order valence-corrected chi connectivity index (χ4v) is 2.54. The standard InChI is InChI=1S/C15H22BNO3S/c1-14(2)15(3,4)20-16(19-14)13-11(18-10-6-7-10)8-9-12(17-13)21-5/h8-10H,6-7H2,1-5H3. The van der Waals surface area contributed by atoms with Gasteiger partial charge in [0.1, 0.15) is 11.3 Å². The minimum absolute atomic E-state index is 0.327. The Labute approximate surface area is 131 Å². The van der Waals surface area contributed by atoms with Crippen LogP contribution in [0.5, 0.6) is 5.75 Å². The van der Waals surface area contributed by atoms with E-state index in [9.17, 15) is 0 Å². The molecule has 0 atom stereocenters. The van der Waals surface area contributed by atoms with Crippen LogP contribution in [0.1, 0.15) is 40.5 Å². The molecule has 1 aromatic heterocycles. The molecule has 0 bridgehead atoms. The average molecular weight is 307 g/mol. The second-order valence-corrected chi connectivity index (χ2v) is 7.47. The van der Waals surface area contributed by atoms with E-state index in [4.69, 9.17) is 14.0 Å². The predicted molar refractivity (Wildman–Crippen MR) is 85.4 cm³/mol. The third kappa shape index (κ3) is 2.94. The fourth-order valence-electron chi connectivity index (χ4n) is 2.15. The first-order valence-electron chi connectivity index (χ1n) is 7.39. The van der Waals surface area contributed by atoms with E-state index in [0.717, 1.165) is 29.2 Å². The minimum Gasteiger partial charge on any atom is -0.489 e. The van der Waals surface area contributed by atoms with E-state index < -0.39 is 7.12 Å². The lowest BCUT2D eigenvalue weighted by molar-refractivity contribution is 0.00578. The summed E-state index contributed by atoms with van der Waals surface area (Å²) in [6.07, 6.45) is 4.57. The Kier molecular flexibility index (Phi) is 3.75. The number of aromatic nitrogens is 1. The Morgan fingerprint density at radius 3 is 2.33 bits per heavy atom. The maximum absolute atomic E-state index is 6.12. The zero-order valence-electron chi connectivity index (χ0n) is 13.3. The van der Waals surface area contributed by atoms with Crippen molar-refractivity contribution in [3.05, 3.63) is 12.1 Å². The molecule has 2 heterocycles. The Balaban J connectivity index is 1.92. The van der Waals surface area contributed by atoms with Crippen LogP contribution in [0, 0.1) is 0 Å². The molecule has 1 saturated heterocycles. The van der Waals surface area contributed by atoms with E-state index >= 15 is 0 Å². The Bertz CT molecular complexity index is 530. The summed E-state index contributed by atoms with van der Waals surface area (Å²) in [6, 6.07) is 3.97. The third-order valence-electron chi connectivity index (χ3n) is 4.36. The average Bonchev–Trinajstić information content (AvgIpc) is 3.18. The van der Waals surface area contributed by atoms with Gasteiger partial charge in [0, 0.05) is 0 Å². The molecule has 2 aliphatic rings. The molecule has 0 amide bonds. The van der Waals surface area contributed by atoms with Crippen molar-refractivity contribution in [1.29, 1.82) is 0 Å². The molecule has 1 aliphatic heterocycles. The number of ether oxygens (including phenoxy) is 1. The van der Waals surface area contributed by atoms with Gasteiger partial charge in [0.25, 0.3) is 0 Å². The summed E-state index contributed by atoms with van der Waals surface area (Å²) < 4.78 is 18.2. The molecular formula is C15H22BNO3S. The van der Waals surface area contributed by atoms with Crippen molar-refractivity contribution in [3.8, 4) is 5.75 Å². The Morgan fingerprint density at radius 2 is 1.81 bits per heavy atom.